The molecule has 0 aliphatic rings. The second kappa shape index (κ2) is 5.46. The lowest BCUT2D eigenvalue weighted by molar-refractivity contribution is 0.610. The van der Waals surface area contributed by atoms with Crippen LogP contribution in [0.25, 0.3) is 0 Å². The van der Waals surface area contributed by atoms with E-state index in [0.717, 1.165) is 16.4 Å². The number of hydrogen-bond donors (Lipinski definition) is 1. The van der Waals surface area contributed by atoms with Gasteiger partial charge in [0.1, 0.15) is 5.82 Å². The second-order valence-corrected chi connectivity index (χ2v) is 5.26. The molecule has 0 spiro atoms. The van der Waals surface area contributed by atoms with Crippen LogP contribution in [0.15, 0.2) is 23.6 Å². The van der Waals surface area contributed by atoms with Crippen molar-refractivity contribution in [1.29, 1.82) is 0 Å². The zero-order valence-electron chi connectivity index (χ0n) is 10.5. The summed E-state index contributed by atoms with van der Waals surface area (Å²) in [5.41, 5.74) is 7.81. The molecule has 18 heavy (non-hydrogen) atoms. The Morgan fingerprint density at radius 3 is 2.78 bits per heavy atom. The predicted molar refractivity (Wildman–Crippen MR) is 73.2 cm³/mol. The van der Waals surface area contributed by atoms with Crippen LogP contribution in [0.4, 0.5) is 10.1 Å². The lowest BCUT2D eigenvalue weighted by Crippen LogP contribution is -2.17. The summed E-state index contributed by atoms with van der Waals surface area (Å²) in [5.74, 6) is -0.253. The van der Waals surface area contributed by atoms with Gasteiger partial charge in [0.2, 0.25) is 0 Å². The topological polar surface area (TPSA) is 42.2 Å². The summed E-state index contributed by atoms with van der Waals surface area (Å²) < 4.78 is 13.6. The molecule has 0 unspecified atom stereocenters. The first-order valence-corrected chi connectivity index (χ1v) is 6.58. The molecule has 2 aromatic rings. The summed E-state index contributed by atoms with van der Waals surface area (Å²) in [5, 5.41) is 3.07. The molecule has 0 aliphatic carbocycles. The van der Waals surface area contributed by atoms with Gasteiger partial charge in [-0.15, -0.1) is 11.3 Å². The maximum absolute atomic E-state index is 13.6. The minimum absolute atomic E-state index is 0.223. The van der Waals surface area contributed by atoms with E-state index in [-0.39, 0.29) is 12.4 Å². The van der Waals surface area contributed by atoms with Gasteiger partial charge < -0.3 is 10.6 Å². The van der Waals surface area contributed by atoms with Crippen molar-refractivity contribution in [2.45, 2.75) is 20.0 Å². The van der Waals surface area contributed by atoms with Crippen molar-refractivity contribution in [3.05, 3.63) is 45.7 Å². The van der Waals surface area contributed by atoms with Gasteiger partial charge in [-0.3, -0.25) is 0 Å². The first-order chi connectivity index (χ1) is 8.60. The summed E-state index contributed by atoms with van der Waals surface area (Å²) in [4.78, 5) is 6.37. The van der Waals surface area contributed by atoms with Crippen LogP contribution in [0.2, 0.25) is 0 Å². The third-order valence-corrected chi connectivity index (χ3v) is 3.59. The second-order valence-electron chi connectivity index (χ2n) is 4.19. The number of nitrogens with zero attached hydrogens (tertiary/aromatic N) is 2. The predicted octanol–water partition coefficient (Wildman–Crippen LogP) is 2.69. The maximum atomic E-state index is 13.6. The number of anilines is 1. The quantitative estimate of drug-likeness (QED) is 0.924. The summed E-state index contributed by atoms with van der Waals surface area (Å²) in [6, 6.07) is 5.12. The van der Waals surface area contributed by atoms with Gasteiger partial charge >= 0.3 is 0 Å². The molecule has 1 heterocycles. The number of aryl methyl sites for hydroxylation is 1. The largest absolute Gasteiger partial charge is 0.369 e. The average Bonchev–Trinajstić information content (AvgIpc) is 2.74. The Bertz CT molecular complexity index is 539. The highest BCUT2D eigenvalue weighted by Gasteiger charge is 2.08. The van der Waals surface area contributed by atoms with Gasteiger partial charge in [-0.25, -0.2) is 9.37 Å². The zero-order chi connectivity index (χ0) is 13.1. The van der Waals surface area contributed by atoms with Gasteiger partial charge in [-0.05, 0) is 19.1 Å². The Morgan fingerprint density at radius 2 is 2.22 bits per heavy atom. The molecule has 1 aromatic carbocycles. The fourth-order valence-corrected chi connectivity index (χ4v) is 2.36. The van der Waals surface area contributed by atoms with Gasteiger partial charge in [0.05, 0.1) is 17.2 Å². The van der Waals surface area contributed by atoms with E-state index in [1.807, 2.05) is 30.3 Å². The molecule has 0 fully saturated rings. The maximum Gasteiger partial charge on any atom is 0.129 e. The molecule has 0 saturated carbocycles. The molecule has 3 nitrogen and oxygen atoms in total. The number of thiazole rings is 1. The van der Waals surface area contributed by atoms with Crippen LogP contribution in [-0.2, 0) is 13.1 Å². The summed E-state index contributed by atoms with van der Waals surface area (Å²) in [6.07, 6.45) is 0. The van der Waals surface area contributed by atoms with Crippen molar-refractivity contribution in [2.24, 2.45) is 5.73 Å². The SMILES string of the molecule is Cc1nc(CN(C)c2ccc(CN)c(F)c2)cs1. The van der Waals surface area contributed by atoms with Crippen LogP contribution in [0.3, 0.4) is 0 Å². The minimum atomic E-state index is -0.253. The normalized spacial score (nSPS) is 10.7. The Kier molecular flexibility index (Phi) is 3.93. The van der Waals surface area contributed by atoms with E-state index in [9.17, 15) is 4.39 Å². The van der Waals surface area contributed by atoms with E-state index < -0.39 is 0 Å². The molecule has 1 aromatic heterocycles. The van der Waals surface area contributed by atoms with Crippen molar-refractivity contribution in [3.63, 3.8) is 0 Å². The number of benzene rings is 1. The van der Waals surface area contributed by atoms with Crippen LogP contribution in [0.5, 0.6) is 0 Å². The average molecular weight is 265 g/mol. The molecular weight excluding hydrogens is 249 g/mol. The zero-order valence-corrected chi connectivity index (χ0v) is 11.3. The molecule has 0 aliphatic heterocycles. The molecule has 0 radical (unpaired) electrons. The van der Waals surface area contributed by atoms with Crippen molar-refractivity contribution < 1.29 is 4.39 Å². The highest BCUT2D eigenvalue weighted by Crippen LogP contribution is 2.20. The van der Waals surface area contributed by atoms with Crippen molar-refractivity contribution >= 4 is 17.0 Å². The molecule has 0 atom stereocenters. The molecule has 5 heteroatoms. The van der Waals surface area contributed by atoms with Crippen LogP contribution >= 0.6 is 11.3 Å². The summed E-state index contributed by atoms with van der Waals surface area (Å²) in [6.45, 7) is 2.87. The van der Waals surface area contributed by atoms with Gasteiger partial charge in [-0.1, -0.05) is 6.07 Å². The number of hydrogen-bond acceptors (Lipinski definition) is 4. The highest BCUT2D eigenvalue weighted by atomic mass is 32.1. The van der Waals surface area contributed by atoms with Crippen molar-refractivity contribution in [2.75, 3.05) is 11.9 Å². The fraction of sp³-hybridized carbons (Fsp3) is 0.308. The van der Waals surface area contributed by atoms with E-state index >= 15 is 0 Å². The Labute approximate surface area is 110 Å². The molecular formula is C13H16FN3S. The molecule has 2 rings (SSSR count). The monoisotopic (exact) mass is 265 g/mol. The van der Waals surface area contributed by atoms with Crippen molar-refractivity contribution in [1.82, 2.24) is 4.98 Å². The number of rotatable bonds is 4. The number of nitrogens with two attached hydrogens (primary N) is 1. The van der Waals surface area contributed by atoms with Crippen LogP contribution in [-0.4, -0.2) is 12.0 Å². The third-order valence-electron chi connectivity index (χ3n) is 2.76. The Balaban J connectivity index is 2.13. The summed E-state index contributed by atoms with van der Waals surface area (Å²) in [7, 11) is 1.92. The summed E-state index contributed by atoms with van der Waals surface area (Å²) >= 11 is 1.62. The van der Waals surface area contributed by atoms with E-state index in [4.69, 9.17) is 5.73 Å². The highest BCUT2D eigenvalue weighted by molar-refractivity contribution is 7.09. The minimum Gasteiger partial charge on any atom is -0.369 e. The van der Waals surface area contributed by atoms with Crippen molar-refractivity contribution in [3.8, 4) is 0 Å². The fourth-order valence-electron chi connectivity index (χ4n) is 1.75. The van der Waals surface area contributed by atoms with Crippen LogP contribution in [0.1, 0.15) is 16.3 Å². The van der Waals surface area contributed by atoms with E-state index in [1.54, 1.807) is 17.4 Å². The van der Waals surface area contributed by atoms with Gasteiger partial charge in [0.15, 0.2) is 0 Å². The Hall–Kier alpha value is -1.46. The molecule has 0 amide bonds. The first-order valence-electron chi connectivity index (χ1n) is 5.71. The van der Waals surface area contributed by atoms with Crippen LogP contribution < -0.4 is 10.6 Å². The number of halogens is 1. The standard InChI is InChI=1S/C13H16FN3S/c1-9-16-11(8-18-9)7-17(2)12-4-3-10(6-15)13(14)5-12/h3-5,8H,6-7,15H2,1-2H3. The lowest BCUT2D eigenvalue weighted by Gasteiger charge is -2.18. The van der Waals surface area contributed by atoms with Gasteiger partial charge in [0.25, 0.3) is 0 Å². The van der Waals surface area contributed by atoms with E-state index in [2.05, 4.69) is 4.98 Å². The Morgan fingerprint density at radius 1 is 1.44 bits per heavy atom. The van der Waals surface area contributed by atoms with Gasteiger partial charge in [-0.2, -0.15) is 0 Å². The lowest BCUT2D eigenvalue weighted by atomic mass is 10.2. The molecule has 0 saturated heterocycles. The van der Waals surface area contributed by atoms with E-state index in [1.165, 1.54) is 6.07 Å². The first kappa shape index (κ1) is 13.0. The number of aromatic nitrogens is 1. The van der Waals surface area contributed by atoms with E-state index in [0.29, 0.717) is 12.1 Å². The molecule has 96 valence electrons. The van der Waals surface area contributed by atoms with Crippen LogP contribution in [0, 0.1) is 12.7 Å². The smallest absolute Gasteiger partial charge is 0.129 e. The molecule has 2 N–H and O–H groups in total. The van der Waals surface area contributed by atoms with Gasteiger partial charge in [0, 0.05) is 30.2 Å². The molecule has 0 bridgehead atoms. The third kappa shape index (κ3) is 2.86.